The first-order chi connectivity index (χ1) is 20.5. The SMILES string of the molecule is CC(NC(=O)OC(C)(C)C)c1ccc(OCCN2CCN(c3ccc4c(c3)CN(C3CCC(=O)NC3=O)C4=O)CC2)cc1. The highest BCUT2D eigenvalue weighted by molar-refractivity contribution is 6.05. The summed E-state index contributed by atoms with van der Waals surface area (Å²) in [6.07, 6.45) is 0.168. The zero-order valence-electron chi connectivity index (χ0n) is 25.4. The second-order valence-electron chi connectivity index (χ2n) is 12.4. The number of piperidine rings is 1. The van der Waals surface area contributed by atoms with Crippen molar-refractivity contribution in [2.45, 2.75) is 64.8 Å². The Hall–Kier alpha value is -4.12. The molecule has 3 aliphatic rings. The Morgan fingerprint density at radius 1 is 1.05 bits per heavy atom. The van der Waals surface area contributed by atoms with Crippen LogP contribution in [0.4, 0.5) is 10.5 Å². The van der Waals surface area contributed by atoms with Gasteiger partial charge in [0.2, 0.25) is 11.8 Å². The third-order valence-electron chi connectivity index (χ3n) is 8.03. The van der Waals surface area contributed by atoms with Gasteiger partial charge in [-0.15, -0.1) is 0 Å². The Morgan fingerprint density at radius 3 is 2.44 bits per heavy atom. The van der Waals surface area contributed by atoms with Crippen LogP contribution >= 0.6 is 0 Å². The van der Waals surface area contributed by atoms with Crippen LogP contribution < -0.4 is 20.3 Å². The molecule has 2 atom stereocenters. The van der Waals surface area contributed by atoms with Crippen LogP contribution in [0.25, 0.3) is 0 Å². The number of hydrogen-bond acceptors (Lipinski definition) is 8. The van der Waals surface area contributed by atoms with Crippen molar-refractivity contribution in [1.82, 2.24) is 20.4 Å². The van der Waals surface area contributed by atoms with E-state index in [-0.39, 0.29) is 24.3 Å². The van der Waals surface area contributed by atoms with E-state index in [0.29, 0.717) is 25.1 Å². The predicted octanol–water partition coefficient (Wildman–Crippen LogP) is 3.23. The number of carbonyl (C=O) groups excluding carboxylic acids is 4. The van der Waals surface area contributed by atoms with Gasteiger partial charge in [0.1, 0.15) is 24.0 Å². The molecule has 3 heterocycles. The number of amides is 4. The molecule has 2 aromatic rings. The normalized spacial score (nSPS) is 20.0. The number of ether oxygens (including phenoxy) is 2. The van der Waals surface area contributed by atoms with E-state index in [9.17, 15) is 19.2 Å². The maximum absolute atomic E-state index is 13.0. The second-order valence-corrected chi connectivity index (χ2v) is 12.4. The Morgan fingerprint density at radius 2 is 1.77 bits per heavy atom. The average Bonchev–Trinajstić information content (AvgIpc) is 3.28. The zero-order chi connectivity index (χ0) is 30.7. The lowest BCUT2D eigenvalue weighted by molar-refractivity contribution is -0.136. The molecule has 11 heteroatoms. The first kappa shape index (κ1) is 30.3. The van der Waals surface area contributed by atoms with E-state index >= 15 is 0 Å². The smallest absolute Gasteiger partial charge is 0.408 e. The second kappa shape index (κ2) is 12.6. The molecule has 2 unspecified atom stereocenters. The van der Waals surface area contributed by atoms with E-state index in [1.54, 1.807) is 4.90 Å². The van der Waals surface area contributed by atoms with Gasteiger partial charge in [0.15, 0.2) is 0 Å². The van der Waals surface area contributed by atoms with E-state index in [2.05, 4.69) is 26.5 Å². The number of carbonyl (C=O) groups is 4. The van der Waals surface area contributed by atoms with E-state index < -0.39 is 23.6 Å². The number of nitrogens with zero attached hydrogens (tertiary/aromatic N) is 3. The Labute approximate surface area is 252 Å². The summed E-state index contributed by atoms with van der Waals surface area (Å²) in [6.45, 7) is 12.7. The number of alkyl carbamates (subject to hydrolysis) is 1. The van der Waals surface area contributed by atoms with Crippen molar-refractivity contribution in [1.29, 1.82) is 0 Å². The minimum absolute atomic E-state index is 0.150. The maximum atomic E-state index is 13.0. The molecule has 230 valence electrons. The molecular weight excluding hydrogens is 550 g/mol. The molecule has 11 nitrogen and oxygen atoms in total. The van der Waals surface area contributed by atoms with Crippen LogP contribution in [0.2, 0.25) is 0 Å². The molecule has 43 heavy (non-hydrogen) atoms. The molecular formula is C32H41N5O6. The van der Waals surface area contributed by atoms with E-state index in [4.69, 9.17) is 9.47 Å². The monoisotopic (exact) mass is 591 g/mol. The van der Waals surface area contributed by atoms with Gasteiger partial charge in [0.25, 0.3) is 5.91 Å². The van der Waals surface area contributed by atoms with Gasteiger partial charge in [-0.05, 0) is 75.6 Å². The minimum Gasteiger partial charge on any atom is -0.492 e. The van der Waals surface area contributed by atoms with E-state index in [1.165, 1.54) is 0 Å². The number of anilines is 1. The summed E-state index contributed by atoms with van der Waals surface area (Å²) in [7, 11) is 0. The molecule has 0 aliphatic carbocycles. The summed E-state index contributed by atoms with van der Waals surface area (Å²) < 4.78 is 11.3. The summed E-state index contributed by atoms with van der Waals surface area (Å²) in [5.74, 6) is -0.0430. The fourth-order valence-electron chi connectivity index (χ4n) is 5.70. The number of piperazine rings is 1. The first-order valence-electron chi connectivity index (χ1n) is 14.9. The standard InChI is InChI=1S/C32H41N5O6/c1-21(33-31(41)43-32(2,3)4)22-5-8-25(9-6-22)42-18-17-35-13-15-36(16-14-35)24-7-10-26-23(19-24)20-37(30(26)40)27-11-12-28(38)34-29(27)39/h5-10,19,21,27H,11-18,20H2,1-4H3,(H,33,41)(H,34,38,39). The van der Waals surface area contributed by atoms with E-state index in [1.807, 2.05) is 64.1 Å². The van der Waals surface area contributed by atoms with Gasteiger partial charge in [0, 0.05) is 56.9 Å². The Balaban J connectivity index is 1.05. The molecule has 3 aliphatic heterocycles. The molecule has 0 bridgehead atoms. The topological polar surface area (TPSA) is 121 Å². The van der Waals surface area contributed by atoms with Gasteiger partial charge in [-0.1, -0.05) is 12.1 Å². The number of fused-ring (bicyclic) bond motifs is 1. The third-order valence-corrected chi connectivity index (χ3v) is 8.03. The molecule has 4 amide bonds. The Kier molecular flexibility index (Phi) is 8.91. The number of benzene rings is 2. The highest BCUT2D eigenvalue weighted by Gasteiger charge is 2.39. The summed E-state index contributed by atoms with van der Waals surface area (Å²) >= 11 is 0. The molecule has 0 radical (unpaired) electrons. The molecule has 2 aromatic carbocycles. The molecule has 0 spiro atoms. The largest absolute Gasteiger partial charge is 0.492 e. The van der Waals surface area contributed by atoms with Crippen LogP contribution in [0.15, 0.2) is 42.5 Å². The quantitative estimate of drug-likeness (QED) is 0.449. The molecule has 0 saturated carbocycles. The molecule has 5 rings (SSSR count). The van der Waals surface area contributed by atoms with Gasteiger partial charge in [-0.3, -0.25) is 24.6 Å². The fraction of sp³-hybridized carbons (Fsp3) is 0.500. The van der Waals surface area contributed by atoms with Gasteiger partial charge >= 0.3 is 6.09 Å². The molecule has 0 aromatic heterocycles. The number of nitrogens with one attached hydrogen (secondary N) is 2. The lowest BCUT2D eigenvalue weighted by Gasteiger charge is -2.36. The van der Waals surface area contributed by atoms with Crippen molar-refractivity contribution < 1.29 is 28.7 Å². The number of hydrogen-bond donors (Lipinski definition) is 2. The number of rotatable bonds is 8. The lowest BCUT2D eigenvalue weighted by Crippen LogP contribution is -2.52. The van der Waals surface area contributed by atoms with Crippen molar-refractivity contribution in [3.63, 3.8) is 0 Å². The predicted molar refractivity (Wildman–Crippen MR) is 161 cm³/mol. The van der Waals surface area contributed by atoms with Crippen molar-refractivity contribution >= 4 is 29.5 Å². The van der Waals surface area contributed by atoms with Crippen LogP contribution in [0, 0.1) is 0 Å². The fourth-order valence-corrected chi connectivity index (χ4v) is 5.70. The van der Waals surface area contributed by atoms with Crippen molar-refractivity contribution in [3.8, 4) is 5.75 Å². The Bertz CT molecular complexity index is 1360. The van der Waals surface area contributed by atoms with Crippen LogP contribution in [0.1, 0.15) is 68.1 Å². The molecule has 2 N–H and O–H groups in total. The van der Waals surface area contributed by atoms with Crippen LogP contribution in [0.3, 0.4) is 0 Å². The van der Waals surface area contributed by atoms with Gasteiger partial charge in [-0.25, -0.2) is 4.79 Å². The average molecular weight is 592 g/mol. The summed E-state index contributed by atoms with van der Waals surface area (Å²) in [5.41, 5.74) is 3.05. The van der Waals surface area contributed by atoms with Gasteiger partial charge in [0.05, 0.1) is 6.04 Å². The number of imide groups is 1. The minimum atomic E-state index is -0.602. The van der Waals surface area contributed by atoms with Crippen molar-refractivity contribution in [2.24, 2.45) is 0 Å². The maximum Gasteiger partial charge on any atom is 0.408 e. The van der Waals surface area contributed by atoms with Crippen LogP contribution in [0.5, 0.6) is 5.75 Å². The zero-order valence-corrected chi connectivity index (χ0v) is 25.4. The highest BCUT2D eigenvalue weighted by Crippen LogP contribution is 2.31. The summed E-state index contributed by atoms with van der Waals surface area (Å²) in [4.78, 5) is 55.2. The molecule has 2 fully saturated rings. The molecule has 2 saturated heterocycles. The van der Waals surface area contributed by atoms with E-state index in [0.717, 1.165) is 55.3 Å². The highest BCUT2D eigenvalue weighted by atomic mass is 16.6. The van der Waals surface area contributed by atoms with Crippen LogP contribution in [-0.2, 0) is 20.9 Å². The van der Waals surface area contributed by atoms with Gasteiger partial charge < -0.3 is 24.6 Å². The summed E-state index contributed by atoms with van der Waals surface area (Å²) in [6, 6.07) is 12.8. The first-order valence-corrected chi connectivity index (χ1v) is 14.9. The van der Waals surface area contributed by atoms with Crippen molar-refractivity contribution in [2.75, 3.05) is 44.2 Å². The van der Waals surface area contributed by atoms with Gasteiger partial charge in [-0.2, -0.15) is 0 Å². The summed E-state index contributed by atoms with van der Waals surface area (Å²) in [5, 5.41) is 5.20. The lowest BCUT2D eigenvalue weighted by atomic mass is 10.0. The van der Waals surface area contributed by atoms with Crippen molar-refractivity contribution in [3.05, 3.63) is 59.2 Å². The third kappa shape index (κ3) is 7.45. The van der Waals surface area contributed by atoms with Crippen LogP contribution in [-0.4, -0.2) is 84.6 Å².